The van der Waals surface area contributed by atoms with Gasteiger partial charge in [0.1, 0.15) is 17.3 Å². The molecule has 1 unspecified atom stereocenters. The van der Waals surface area contributed by atoms with E-state index in [1.807, 2.05) is 0 Å². The van der Waals surface area contributed by atoms with Gasteiger partial charge in [-0.1, -0.05) is 53.5 Å². The molecular weight excluding hydrogens is 453 g/mol. The van der Waals surface area contributed by atoms with E-state index in [1.165, 1.54) is 37.4 Å². The number of phenolic OH excluding ortho intramolecular Hbond substituents is 1. The van der Waals surface area contributed by atoms with Crippen LogP contribution in [-0.4, -0.2) is 29.0 Å². The van der Waals surface area contributed by atoms with Crippen molar-refractivity contribution in [3.05, 3.63) is 93.5 Å². The van der Waals surface area contributed by atoms with E-state index in [2.05, 4.69) is 0 Å². The zero-order chi connectivity index (χ0) is 23.0. The molecule has 0 radical (unpaired) electrons. The first-order valence-corrected chi connectivity index (χ1v) is 10.3. The third-order valence-corrected chi connectivity index (χ3v) is 5.95. The van der Waals surface area contributed by atoms with E-state index in [0.717, 1.165) is 4.90 Å². The number of rotatable bonds is 4. The number of carbonyl (C=O) groups excluding carboxylic acids is 2. The summed E-state index contributed by atoms with van der Waals surface area (Å²) in [6, 6.07) is 16.3. The normalized spacial score (nSPS) is 17.6. The summed E-state index contributed by atoms with van der Waals surface area (Å²) in [6.45, 7) is 0. The highest BCUT2D eigenvalue weighted by molar-refractivity contribution is 6.52. The van der Waals surface area contributed by atoms with Crippen LogP contribution in [0.4, 0.5) is 5.69 Å². The Morgan fingerprint density at radius 1 is 0.969 bits per heavy atom. The molecule has 8 heteroatoms. The molecule has 3 aromatic carbocycles. The van der Waals surface area contributed by atoms with Gasteiger partial charge in [-0.25, -0.2) is 0 Å². The van der Waals surface area contributed by atoms with Gasteiger partial charge in [-0.05, 0) is 36.4 Å². The molecule has 1 fully saturated rings. The SMILES string of the molecule is COc1ccccc1C1/C(=C(\O)c2ccc(Cl)c(Cl)c2)C(=O)C(=O)N1c1ccccc1O. The topological polar surface area (TPSA) is 87.1 Å². The fourth-order valence-corrected chi connectivity index (χ4v) is 4.03. The lowest BCUT2D eigenvalue weighted by Crippen LogP contribution is -2.29. The summed E-state index contributed by atoms with van der Waals surface area (Å²) in [5.74, 6) is -2.02. The van der Waals surface area contributed by atoms with Gasteiger partial charge in [-0.3, -0.25) is 14.5 Å². The number of hydrogen-bond donors (Lipinski definition) is 2. The second-order valence-electron chi connectivity index (χ2n) is 7.03. The van der Waals surface area contributed by atoms with Crippen molar-refractivity contribution in [1.29, 1.82) is 0 Å². The maximum absolute atomic E-state index is 13.2. The van der Waals surface area contributed by atoms with E-state index >= 15 is 0 Å². The molecule has 1 saturated heterocycles. The van der Waals surface area contributed by atoms with Crippen molar-refractivity contribution in [2.75, 3.05) is 12.0 Å². The summed E-state index contributed by atoms with van der Waals surface area (Å²) < 4.78 is 5.46. The number of amides is 1. The maximum atomic E-state index is 13.2. The number of nitrogens with zero attached hydrogens (tertiary/aromatic N) is 1. The van der Waals surface area contributed by atoms with Crippen LogP contribution in [0.15, 0.2) is 72.3 Å². The van der Waals surface area contributed by atoms with E-state index < -0.39 is 23.5 Å². The van der Waals surface area contributed by atoms with Crippen molar-refractivity contribution in [2.24, 2.45) is 0 Å². The number of hydrogen-bond acceptors (Lipinski definition) is 5. The summed E-state index contributed by atoms with van der Waals surface area (Å²) in [5.41, 5.74) is 0.633. The highest BCUT2D eigenvalue weighted by atomic mass is 35.5. The predicted molar refractivity (Wildman–Crippen MR) is 122 cm³/mol. The zero-order valence-corrected chi connectivity index (χ0v) is 18.3. The lowest BCUT2D eigenvalue weighted by atomic mass is 9.94. The molecule has 0 spiro atoms. The van der Waals surface area contributed by atoms with Gasteiger partial charge in [-0.2, -0.15) is 0 Å². The van der Waals surface area contributed by atoms with Gasteiger partial charge in [0.2, 0.25) is 0 Å². The molecule has 0 aromatic heterocycles. The fraction of sp³-hybridized carbons (Fsp3) is 0.0833. The number of phenols is 1. The average Bonchev–Trinajstić information content (AvgIpc) is 3.05. The lowest BCUT2D eigenvalue weighted by molar-refractivity contribution is -0.132. The minimum absolute atomic E-state index is 0.124. The van der Waals surface area contributed by atoms with Crippen LogP contribution >= 0.6 is 23.2 Å². The largest absolute Gasteiger partial charge is 0.507 e. The predicted octanol–water partition coefficient (Wildman–Crippen LogP) is 5.33. The molecule has 6 nitrogen and oxygen atoms in total. The second-order valence-corrected chi connectivity index (χ2v) is 7.84. The third-order valence-electron chi connectivity index (χ3n) is 5.21. The van der Waals surface area contributed by atoms with Crippen molar-refractivity contribution < 1.29 is 24.5 Å². The van der Waals surface area contributed by atoms with Gasteiger partial charge in [0, 0.05) is 11.1 Å². The number of ketones is 1. The zero-order valence-electron chi connectivity index (χ0n) is 16.8. The van der Waals surface area contributed by atoms with Gasteiger partial charge >= 0.3 is 0 Å². The molecule has 1 aliphatic heterocycles. The Labute approximate surface area is 193 Å². The molecule has 1 atom stereocenters. The minimum atomic E-state index is -1.06. The van der Waals surface area contributed by atoms with E-state index in [1.54, 1.807) is 36.4 Å². The molecule has 0 saturated carbocycles. The monoisotopic (exact) mass is 469 g/mol. The van der Waals surface area contributed by atoms with E-state index in [4.69, 9.17) is 27.9 Å². The number of methoxy groups -OCH3 is 1. The summed E-state index contributed by atoms with van der Waals surface area (Å²) in [5, 5.41) is 22.0. The number of ether oxygens (including phenoxy) is 1. The van der Waals surface area contributed by atoms with Crippen LogP contribution in [0, 0.1) is 0 Å². The first-order valence-electron chi connectivity index (χ1n) is 9.52. The summed E-state index contributed by atoms with van der Waals surface area (Å²) in [7, 11) is 1.46. The number of aliphatic hydroxyl groups is 1. The second kappa shape index (κ2) is 8.57. The molecule has 1 heterocycles. The third kappa shape index (κ3) is 3.57. The Balaban J connectivity index is 2.01. The Hall–Kier alpha value is -3.48. The average molecular weight is 470 g/mol. The standard InChI is InChI=1S/C24H17Cl2NO5/c1-32-19-9-5-2-6-14(19)21-20(22(29)13-10-11-15(25)16(26)12-13)23(30)24(31)27(21)17-7-3-4-8-18(17)28/h2-12,21,28-29H,1H3/b22-20+. The molecule has 162 valence electrons. The van der Waals surface area contributed by atoms with Crippen molar-refractivity contribution in [3.63, 3.8) is 0 Å². The van der Waals surface area contributed by atoms with Gasteiger partial charge in [0.25, 0.3) is 11.7 Å². The number of Topliss-reactive ketones (excluding diaryl/α,β-unsaturated/α-hetero) is 1. The van der Waals surface area contributed by atoms with Crippen LogP contribution in [0.2, 0.25) is 10.0 Å². The maximum Gasteiger partial charge on any atom is 0.300 e. The quantitative estimate of drug-likeness (QED) is 0.306. The highest BCUT2D eigenvalue weighted by Gasteiger charge is 2.48. The molecule has 1 amide bonds. The Morgan fingerprint density at radius 2 is 1.66 bits per heavy atom. The molecule has 2 N–H and O–H groups in total. The molecule has 32 heavy (non-hydrogen) atoms. The highest BCUT2D eigenvalue weighted by Crippen LogP contribution is 2.47. The van der Waals surface area contributed by atoms with Crippen LogP contribution in [0.3, 0.4) is 0 Å². The van der Waals surface area contributed by atoms with E-state index in [0.29, 0.717) is 11.3 Å². The van der Waals surface area contributed by atoms with Crippen molar-refractivity contribution in [2.45, 2.75) is 6.04 Å². The number of para-hydroxylation sites is 3. The van der Waals surface area contributed by atoms with Crippen LogP contribution < -0.4 is 9.64 Å². The van der Waals surface area contributed by atoms with E-state index in [-0.39, 0.29) is 32.6 Å². The molecule has 3 aromatic rings. The fourth-order valence-electron chi connectivity index (χ4n) is 3.73. The van der Waals surface area contributed by atoms with Gasteiger partial charge in [0.05, 0.1) is 34.5 Å². The van der Waals surface area contributed by atoms with Crippen molar-refractivity contribution >= 4 is 46.3 Å². The molecule has 0 bridgehead atoms. The first-order chi connectivity index (χ1) is 15.3. The Bertz CT molecular complexity index is 1270. The number of benzene rings is 3. The lowest BCUT2D eigenvalue weighted by Gasteiger charge is -2.27. The molecule has 0 aliphatic carbocycles. The van der Waals surface area contributed by atoms with Crippen molar-refractivity contribution in [3.8, 4) is 11.5 Å². The number of anilines is 1. The first kappa shape index (κ1) is 21.7. The summed E-state index contributed by atoms with van der Waals surface area (Å²) in [6.07, 6.45) is 0. The minimum Gasteiger partial charge on any atom is -0.507 e. The number of carbonyl (C=O) groups is 2. The summed E-state index contributed by atoms with van der Waals surface area (Å²) >= 11 is 12.1. The van der Waals surface area contributed by atoms with Gasteiger partial charge < -0.3 is 14.9 Å². The van der Waals surface area contributed by atoms with Crippen LogP contribution in [0.1, 0.15) is 17.2 Å². The van der Waals surface area contributed by atoms with Crippen LogP contribution in [0.5, 0.6) is 11.5 Å². The Kier molecular flexibility index (Phi) is 5.82. The molecular formula is C24H17Cl2NO5. The van der Waals surface area contributed by atoms with Gasteiger partial charge in [-0.15, -0.1) is 0 Å². The van der Waals surface area contributed by atoms with Crippen molar-refractivity contribution in [1.82, 2.24) is 0 Å². The molecule has 1 aliphatic rings. The number of aromatic hydroxyl groups is 1. The number of halogens is 2. The van der Waals surface area contributed by atoms with Gasteiger partial charge in [0.15, 0.2) is 0 Å². The smallest absolute Gasteiger partial charge is 0.300 e. The van der Waals surface area contributed by atoms with Crippen LogP contribution in [-0.2, 0) is 9.59 Å². The molecule has 4 rings (SSSR count). The Morgan fingerprint density at radius 3 is 2.34 bits per heavy atom. The summed E-state index contributed by atoms with van der Waals surface area (Å²) in [4.78, 5) is 27.5. The van der Waals surface area contributed by atoms with Crippen LogP contribution in [0.25, 0.3) is 5.76 Å². The number of aliphatic hydroxyl groups excluding tert-OH is 1. The van der Waals surface area contributed by atoms with E-state index in [9.17, 15) is 19.8 Å².